The molecule has 4 amide bonds. The number of amides is 4. The monoisotopic (exact) mass is 398 g/mol. The molecule has 0 atom stereocenters. The van der Waals surface area contributed by atoms with E-state index in [1.165, 1.54) is 30.3 Å². The molecule has 0 bridgehead atoms. The van der Waals surface area contributed by atoms with Gasteiger partial charge in [-0.25, -0.2) is 18.9 Å². The van der Waals surface area contributed by atoms with Crippen molar-refractivity contribution in [3.8, 4) is 5.75 Å². The Morgan fingerprint density at radius 1 is 1.17 bits per heavy atom. The van der Waals surface area contributed by atoms with Gasteiger partial charge in [-0.2, -0.15) is 0 Å². The Labute approximate surface area is 164 Å². The third kappa shape index (κ3) is 3.98. The number of imide groups is 2. The zero-order valence-corrected chi connectivity index (χ0v) is 15.1. The average molecular weight is 398 g/mol. The van der Waals surface area contributed by atoms with Gasteiger partial charge in [0.05, 0.1) is 17.9 Å². The third-order valence-corrected chi connectivity index (χ3v) is 4.04. The molecule has 2 aromatic carbocycles. The molecule has 3 rings (SSSR count). The minimum Gasteiger partial charge on any atom is -0.493 e. The first-order valence-corrected chi connectivity index (χ1v) is 8.49. The maximum absolute atomic E-state index is 13.2. The highest BCUT2D eigenvalue weighted by Gasteiger charge is 2.37. The number of carbonyl (C=O) groups excluding carboxylic acids is 3. The highest BCUT2D eigenvalue weighted by molar-refractivity contribution is 6.39. The zero-order chi connectivity index (χ0) is 21.1. The molecule has 1 saturated heterocycles. The van der Waals surface area contributed by atoms with Crippen molar-refractivity contribution >= 4 is 35.6 Å². The van der Waals surface area contributed by atoms with E-state index in [1.807, 2.05) is 5.32 Å². The molecule has 29 heavy (non-hydrogen) atoms. The van der Waals surface area contributed by atoms with Crippen LogP contribution in [0.2, 0.25) is 0 Å². The first-order chi connectivity index (χ1) is 13.8. The van der Waals surface area contributed by atoms with Crippen molar-refractivity contribution in [1.82, 2.24) is 5.32 Å². The Bertz CT molecular complexity index is 1050. The molecule has 0 unspecified atom stereocenters. The molecule has 0 saturated carbocycles. The Kier molecular flexibility index (Phi) is 5.40. The molecule has 1 heterocycles. The van der Waals surface area contributed by atoms with Crippen molar-refractivity contribution < 1.29 is 33.4 Å². The number of nitrogens with one attached hydrogen (secondary N) is 1. The van der Waals surface area contributed by atoms with Crippen LogP contribution in [0.5, 0.6) is 5.75 Å². The quantitative estimate of drug-likeness (QED) is 0.591. The van der Waals surface area contributed by atoms with Crippen LogP contribution in [0, 0.1) is 5.82 Å². The number of anilines is 1. The fourth-order valence-corrected chi connectivity index (χ4v) is 2.72. The number of halogens is 1. The number of nitrogens with zero attached hydrogens (tertiary/aromatic N) is 1. The number of barbiturate groups is 1. The van der Waals surface area contributed by atoms with E-state index in [0.29, 0.717) is 4.90 Å². The van der Waals surface area contributed by atoms with E-state index in [9.17, 15) is 28.7 Å². The van der Waals surface area contributed by atoms with Crippen LogP contribution < -0.4 is 15.0 Å². The predicted octanol–water partition coefficient (Wildman–Crippen LogP) is 2.59. The van der Waals surface area contributed by atoms with Crippen LogP contribution in [-0.2, 0) is 9.59 Å². The Hall–Kier alpha value is -4.01. The van der Waals surface area contributed by atoms with Gasteiger partial charge in [0.25, 0.3) is 11.8 Å². The van der Waals surface area contributed by atoms with Crippen molar-refractivity contribution in [2.45, 2.75) is 6.92 Å². The first-order valence-electron chi connectivity index (χ1n) is 8.49. The van der Waals surface area contributed by atoms with Gasteiger partial charge < -0.3 is 9.84 Å². The maximum atomic E-state index is 13.2. The number of aromatic carboxylic acids is 1. The van der Waals surface area contributed by atoms with Gasteiger partial charge in [-0.3, -0.25) is 14.9 Å². The number of benzene rings is 2. The van der Waals surface area contributed by atoms with E-state index in [0.717, 1.165) is 18.2 Å². The van der Waals surface area contributed by atoms with E-state index in [2.05, 4.69) is 0 Å². The predicted molar refractivity (Wildman–Crippen MR) is 100.0 cm³/mol. The molecule has 1 fully saturated rings. The maximum Gasteiger partial charge on any atom is 0.335 e. The van der Waals surface area contributed by atoms with Crippen LogP contribution in [0.3, 0.4) is 0 Å². The molecule has 0 aromatic heterocycles. The van der Waals surface area contributed by atoms with Gasteiger partial charge in [0, 0.05) is 5.56 Å². The second kappa shape index (κ2) is 7.93. The molecule has 9 heteroatoms. The summed E-state index contributed by atoms with van der Waals surface area (Å²) in [5, 5.41) is 11.2. The number of carboxylic acid groups (broad SMARTS) is 1. The lowest BCUT2D eigenvalue weighted by Crippen LogP contribution is -2.54. The van der Waals surface area contributed by atoms with E-state index in [4.69, 9.17) is 4.74 Å². The van der Waals surface area contributed by atoms with Crippen LogP contribution in [0.25, 0.3) is 6.08 Å². The third-order valence-electron chi connectivity index (χ3n) is 4.04. The van der Waals surface area contributed by atoms with E-state index >= 15 is 0 Å². The van der Waals surface area contributed by atoms with Gasteiger partial charge in [0.1, 0.15) is 17.1 Å². The topological polar surface area (TPSA) is 113 Å². The largest absolute Gasteiger partial charge is 0.493 e. The van der Waals surface area contributed by atoms with Crippen LogP contribution in [-0.4, -0.2) is 35.5 Å². The summed E-state index contributed by atoms with van der Waals surface area (Å²) in [6.07, 6.45) is 1.15. The number of carboxylic acids is 1. The smallest absolute Gasteiger partial charge is 0.335 e. The normalized spacial score (nSPS) is 15.4. The Morgan fingerprint density at radius 2 is 1.86 bits per heavy atom. The van der Waals surface area contributed by atoms with Crippen molar-refractivity contribution in [3.05, 3.63) is 65.0 Å². The molecule has 148 valence electrons. The zero-order valence-electron chi connectivity index (χ0n) is 15.1. The van der Waals surface area contributed by atoms with Gasteiger partial charge in [0.15, 0.2) is 0 Å². The number of carbonyl (C=O) groups is 4. The van der Waals surface area contributed by atoms with E-state index in [-0.39, 0.29) is 29.2 Å². The highest BCUT2D eigenvalue weighted by atomic mass is 19.1. The second-order valence-corrected chi connectivity index (χ2v) is 5.93. The van der Waals surface area contributed by atoms with Gasteiger partial charge in [-0.15, -0.1) is 0 Å². The summed E-state index contributed by atoms with van der Waals surface area (Å²) < 4.78 is 18.6. The molecule has 0 aliphatic carbocycles. The molecule has 0 spiro atoms. The summed E-state index contributed by atoms with van der Waals surface area (Å²) in [6, 6.07) is 7.58. The first kappa shape index (κ1) is 19.7. The molecule has 2 N–H and O–H groups in total. The lowest BCUT2D eigenvalue weighted by Gasteiger charge is -2.26. The summed E-state index contributed by atoms with van der Waals surface area (Å²) in [5.74, 6) is -3.38. The van der Waals surface area contributed by atoms with Crippen LogP contribution in [0.15, 0.2) is 48.0 Å². The molecule has 8 nitrogen and oxygen atoms in total. The average Bonchev–Trinajstić information content (AvgIpc) is 2.67. The fourth-order valence-electron chi connectivity index (χ4n) is 2.72. The van der Waals surface area contributed by atoms with Crippen LogP contribution in [0.4, 0.5) is 14.9 Å². The highest BCUT2D eigenvalue weighted by Crippen LogP contribution is 2.26. The summed E-state index contributed by atoms with van der Waals surface area (Å²) in [6.45, 7) is 1.98. The molecule has 0 radical (unpaired) electrons. The summed E-state index contributed by atoms with van der Waals surface area (Å²) >= 11 is 0. The van der Waals surface area contributed by atoms with E-state index < -0.39 is 35.2 Å². The lowest BCUT2D eigenvalue weighted by atomic mass is 10.0. The molecular formula is C20H15FN2O6. The van der Waals surface area contributed by atoms with E-state index in [1.54, 1.807) is 6.92 Å². The Morgan fingerprint density at radius 3 is 2.48 bits per heavy atom. The molecule has 1 aliphatic rings. The van der Waals surface area contributed by atoms with Crippen molar-refractivity contribution in [1.29, 1.82) is 0 Å². The number of urea groups is 1. The minimum atomic E-state index is -1.20. The summed E-state index contributed by atoms with van der Waals surface area (Å²) in [5.41, 5.74) is -0.233. The second-order valence-electron chi connectivity index (χ2n) is 5.93. The molecule has 1 aliphatic heterocycles. The van der Waals surface area contributed by atoms with Crippen molar-refractivity contribution in [2.75, 3.05) is 11.5 Å². The van der Waals surface area contributed by atoms with Crippen molar-refractivity contribution in [2.24, 2.45) is 0 Å². The van der Waals surface area contributed by atoms with Gasteiger partial charge in [0.2, 0.25) is 0 Å². The fraction of sp³-hybridized carbons (Fsp3) is 0.100. The number of hydrogen-bond acceptors (Lipinski definition) is 5. The molecule has 2 aromatic rings. The number of rotatable bonds is 5. The molecular weight excluding hydrogens is 383 g/mol. The van der Waals surface area contributed by atoms with Crippen LogP contribution >= 0.6 is 0 Å². The van der Waals surface area contributed by atoms with Gasteiger partial charge in [-0.1, -0.05) is 0 Å². The summed E-state index contributed by atoms with van der Waals surface area (Å²) in [7, 11) is 0. The van der Waals surface area contributed by atoms with Gasteiger partial charge in [-0.05, 0) is 55.5 Å². The van der Waals surface area contributed by atoms with Crippen molar-refractivity contribution in [3.63, 3.8) is 0 Å². The van der Waals surface area contributed by atoms with Crippen LogP contribution in [0.1, 0.15) is 22.8 Å². The van der Waals surface area contributed by atoms with Gasteiger partial charge >= 0.3 is 12.0 Å². The SMILES string of the molecule is CCOc1ccc(C(=O)O)cc1/C=C1\C(=O)NC(=O)N(c2ccc(F)cc2)C1=O. The standard InChI is InChI=1S/C20H15FN2O6/c1-2-29-16-8-3-11(19(26)27)9-12(16)10-15-17(24)22-20(28)23(18(15)25)14-6-4-13(21)5-7-14/h3-10H,2H2,1H3,(H,26,27)(H,22,24,28)/b15-10+. The minimum absolute atomic E-state index is 0.0663. The lowest BCUT2D eigenvalue weighted by molar-refractivity contribution is -0.122. The number of hydrogen-bond donors (Lipinski definition) is 2. The Balaban J connectivity index is 2.08. The number of ether oxygens (including phenoxy) is 1. The summed E-state index contributed by atoms with van der Waals surface area (Å²) in [4.78, 5) is 49.2.